The van der Waals surface area contributed by atoms with Gasteiger partial charge in [0.2, 0.25) is 5.91 Å². The zero-order valence-electron chi connectivity index (χ0n) is 10.9. The molecule has 0 bridgehead atoms. The van der Waals surface area contributed by atoms with Crippen LogP contribution >= 0.6 is 0 Å². The summed E-state index contributed by atoms with van der Waals surface area (Å²) in [6.45, 7) is 6.42. The first-order valence-electron chi connectivity index (χ1n) is 5.95. The fourth-order valence-electron chi connectivity index (χ4n) is 2.22. The van der Waals surface area contributed by atoms with Crippen LogP contribution < -0.4 is 5.32 Å². The topological polar surface area (TPSA) is 66.5 Å². The van der Waals surface area contributed by atoms with Crippen LogP contribution in [0.5, 0.6) is 0 Å². The van der Waals surface area contributed by atoms with E-state index in [1.165, 1.54) is 6.26 Å². The van der Waals surface area contributed by atoms with Gasteiger partial charge in [0.1, 0.15) is 9.84 Å². The molecule has 1 fully saturated rings. The van der Waals surface area contributed by atoms with Crippen LogP contribution in [0.2, 0.25) is 0 Å². The molecule has 0 aromatic rings. The second-order valence-electron chi connectivity index (χ2n) is 5.14. The molecule has 17 heavy (non-hydrogen) atoms. The third-order valence-corrected chi connectivity index (χ3v) is 3.94. The van der Waals surface area contributed by atoms with Crippen LogP contribution in [0, 0.1) is 0 Å². The van der Waals surface area contributed by atoms with Crippen molar-refractivity contribution >= 4 is 15.7 Å². The van der Waals surface area contributed by atoms with Gasteiger partial charge in [-0.2, -0.15) is 0 Å². The van der Waals surface area contributed by atoms with Crippen LogP contribution in [0.4, 0.5) is 0 Å². The summed E-state index contributed by atoms with van der Waals surface area (Å²) in [6, 6.07) is -0.136. The summed E-state index contributed by atoms with van der Waals surface area (Å²) in [6.07, 6.45) is 1.96. The standard InChI is InChI=1S/C11H22N2O3S/c1-8(2)12-10-5-6-13(11(10)14)9(3)7-17(4,15)16/h8-10,12H,5-7H2,1-4H3. The van der Waals surface area contributed by atoms with E-state index >= 15 is 0 Å². The largest absolute Gasteiger partial charge is 0.338 e. The van der Waals surface area contributed by atoms with E-state index in [-0.39, 0.29) is 29.8 Å². The number of hydrogen-bond donors (Lipinski definition) is 1. The highest BCUT2D eigenvalue weighted by molar-refractivity contribution is 7.90. The van der Waals surface area contributed by atoms with E-state index in [9.17, 15) is 13.2 Å². The number of nitrogens with zero attached hydrogens (tertiary/aromatic N) is 1. The lowest BCUT2D eigenvalue weighted by Gasteiger charge is -2.24. The van der Waals surface area contributed by atoms with E-state index < -0.39 is 9.84 Å². The van der Waals surface area contributed by atoms with Crippen molar-refractivity contribution < 1.29 is 13.2 Å². The van der Waals surface area contributed by atoms with Gasteiger partial charge >= 0.3 is 0 Å². The summed E-state index contributed by atoms with van der Waals surface area (Å²) in [4.78, 5) is 13.7. The van der Waals surface area contributed by atoms with Gasteiger partial charge in [-0.25, -0.2) is 8.42 Å². The van der Waals surface area contributed by atoms with Crippen molar-refractivity contribution in [1.29, 1.82) is 0 Å². The van der Waals surface area contributed by atoms with Gasteiger partial charge in [-0.3, -0.25) is 4.79 Å². The van der Waals surface area contributed by atoms with Crippen LogP contribution in [-0.2, 0) is 14.6 Å². The molecule has 1 rings (SSSR count). The highest BCUT2D eigenvalue weighted by Gasteiger charge is 2.35. The summed E-state index contributed by atoms with van der Waals surface area (Å²) < 4.78 is 22.4. The molecule has 0 aromatic carbocycles. The number of carbonyl (C=O) groups is 1. The Morgan fingerprint density at radius 1 is 1.41 bits per heavy atom. The predicted molar refractivity (Wildman–Crippen MR) is 67.6 cm³/mol. The van der Waals surface area contributed by atoms with E-state index in [0.717, 1.165) is 6.42 Å². The average Bonchev–Trinajstić information content (AvgIpc) is 2.44. The van der Waals surface area contributed by atoms with Gasteiger partial charge in [-0.1, -0.05) is 13.8 Å². The maximum Gasteiger partial charge on any atom is 0.240 e. The molecule has 5 nitrogen and oxygen atoms in total. The first kappa shape index (κ1) is 14.4. The lowest BCUT2D eigenvalue weighted by Crippen LogP contribution is -2.45. The van der Waals surface area contributed by atoms with Crippen molar-refractivity contribution in [2.45, 2.75) is 45.3 Å². The molecule has 100 valence electrons. The van der Waals surface area contributed by atoms with Crippen LogP contribution in [0.15, 0.2) is 0 Å². The molecule has 1 N–H and O–H groups in total. The average molecular weight is 262 g/mol. The molecule has 1 heterocycles. The van der Waals surface area contributed by atoms with Crippen LogP contribution in [-0.4, -0.2) is 55.9 Å². The molecule has 0 saturated carbocycles. The normalized spacial score (nSPS) is 23.5. The van der Waals surface area contributed by atoms with E-state index in [1.807, 2.05) is 13.8 Å². The molecule has 1 amide bonds. The number of likely N-dealkylation sites (tertiary alicyclic amines) is 1. The third-order valence-electron chi connectivity index (χ3n) is 2.85. The minimum absolute atomic E-state index is 0.0230. The fraction of sp³-hybridized carbons (Fsp3) is 0.909. The maximum atomic E-state index is 12.0. The molecule has 0 aliphatic carbocycles. The Kier molecular flexibility index (Phi) is 4.55. The molecule has 2 atom stereocenters. The molecule has 0 radical (unpaired) electrons. The van der Waals surface area contributed by atoms with Crippen LogP contribution in [0.1, 0.15) is 27.2 Å². The number of carbonyl (C=O) groups excluding carboxylic acids is 1. The SMILES string of the molecule is CC(C)NC1CCN(C(C)CS(C)(=O)=O)C1=O. The first-order valence-corrected chi connectivity index (χ1v) is 8.01. The monoisotopic (exact) mass is 262 g/mol. The number of amides is 1. The molecule has 1 aliphatic heterocycles. The van der Waals surface area contributed by atoms with Gasteiger partial charge in [-0.15, -0.1) is 0 Å². The van der Waals surface area contributed by atoms with Gasteiger partial charge < -0.3 is 10.2 Å². The van der Waals surface area contributed by atoms with Crippen LogP contribution in [0.3, 0.4) is 0 Å². The van der Waals surface area contributed by atoms with Crippen molar-refractivity contribution in [3.05, 3.63) is 0 Å². The number of hydrogen-bond acceptors (Lipinski definition) is 4. The van der Waals surface area contributed by atoms with Crippen molar-refractivity contribution in [3.63, 3.8) is 0 Å². The Balaban J connectivity index is 2.60. The Bertz CT molecular complexity index is 378. The molecule has 6 heteroatoms. The van der Waals surface area contributed by atoms with E-state index in [0.29, 0.717) is 6.54 Å². The summed E-state index contributed by atoms with van der Waals surface area (Å²) in [5.74, 6) is 0.0579. The molecule has 0 aromatic heterocycles. The van der Waals surface area contributed by atoms with Gasteiger partial charge in [0, 0.05) is 24.9 Å². The maximum absolute atomic E-state index is 12.0. The van der Waals surface area contributed by atoms with Gasteiger partial charge in [-0.05, 0) is 13.3 Å². The van der Waals surface area contributed by atoms with E-state index in [4.69, 9.17) is 0 Å². The minimum atomic E-state index is -3.04. The number of rotatable bonds is 5. The lowest BCUT2D eigenvalue weighted by molar-refractivity contribution is -0.130. The summed E-state index contributed by atoms with van der Waals surface area (Å²) in [5.41, 5.74) is 0. The van der Waals surface area contributed by atoms with Crippen molar-refractivity contribution in [2.75, 3.05) is 18.6 Å². The Morgan fingerprint density at radius 3 is 2.47 bits per heavy atom. The first-order chi connectivity index (χ1) is 7.70. The van der Waals surface area contributed by atoms with E-state index in [2.05, 4.69) is 5.32 Å². The molecule has 0 spiro atoms. The van der Waals surface area contributed by atoms with Gasteiger partial charge in [0.05, 0.1) is 11.8 Å². The van der Waals surface area contributed by atoms with Crippen molar-refractivity contribution in [2.24, 2.45) is 0 Å². The zero-order chi connectivity index (χ0) is 13.2. The highest BCUT2D eigenvalue weighted by atomic mass is 32.2. The number of nitrogens with one attached hydrogen (secondary N) is 1. The molecular formula is C11H22N2O3S. The Labute approximate surface area is 103 Å². The number of sulfone groups is 1. The molecular weight excluding hydrogens is 240 g/mol. The molecule has 1 aliphatic rings. The van der Waals surface area contributed by atoms with Crippen molar-refractivity contribution in [3.8, 4) is 0 Å². The second-order valence-corrected chi connectivity index (χ2v) is 7.32. The Hall–Kier alpha value is -0.620. The predicted octanol–water partition coefficient (Wildman–Crippen LogP) is 0.0184. The van der Waals surface area contributed by atoms with Crippen LogP contribution in [0.25, 0.3) is 0 Å². The smallest absolute Gasteiger partial charge is 0.240 e. The Morgan fingerprint density at radius 2 is 2.00 bits per heavy atom. The van der Waals surface area contributed by atoms with Crippen molar-refractivity contribution in [1.82, 2.24) is 10.2 Å². The quantitative estimate of drug-likeness (QED) is 0.758. The van der Waals surface area contributed by atoms with Gasteiger partial charge in [0.25, 0.3) is 0 Å². The summed E-state index contributed by atoms with van der Waals surface area (Å²) >= 11 is 0. The summed E-state index contributed by atoms with van der Waals surface area (Å²) in [7, 11) is -3.04. The second kappa shape index (κ2) is 5.35. The molecule has 2 unspecified atom stereocenters. The fourth-order valence-corrected chi connectivity index (χ4v) is 3.28. The minimum Gasteiger partial charge on any atom is -0.338 e. The molecule has 1 saturated heterocycles. The third kappa shape index (κ3) is 4.27. The summed E-state index contributed by atoms with van der Waals surface area (Å²) in [5, 5.41) is 3.20. The van der Waals surface area contributed by atoms with Gasteiger partial charge in [0.15, 0.2) is 0 Å². The highest BCUT2D eigenvalue weighted by Crippen LogP contribution is 2.16. The lowest BCUT2D eigenvalue weighted by atomic mass is 10.2. The van der Waals surface area contributed by atoms with E-state index in [1.54, 1.807) is 11.8 Å². The zero-order valence-corrected chi connectivity index (χ0v) is 11.8.